The predicted octanol–water partition coefficient (Wildman–Crippen LogP) is 4.03. The van der Waals surface area contributed by atoms with Gasteiger partial charge in [0.05, 0.1) is 26.4 Å². The van der Waals surface area contributed by atoms with Gasteiger partial charge in [-0.25, -0.2) is 9.59 Å². The summed E-state index contributed by atoms with van der Waals surface area (Å²) < 4.78 is 28.8. The van der Waals surface area contributed by atoms with Gasteiger partial charge in [-0.05, 0) is 16.7 Å². The van der Waals surface area contributed by atoms with Crippen LogP contribution in [0.3, 0.4) is 0 Å². The lowest BCUT2D eigenvalue weighted by molar-refractivity contribution is -0.156. The average molecular weight is 506 g/mol. The summed E-state index contributed by atoms with van der Waals surface area (Å²) in [7, 11) is 0. The number of cyclic esters (lactones) is 1. The fourth-order valence-corrected chi connectivity index (χ4v) is 3.72. The summed E-state index contributed by atoms with van der Waals surface area (Å²) in [6.07, 6.45) is -1.81. The number of ether oxygens (including phenoxy) is 5. The number of hydrogen-bond donors (Lipinski definition) is 1. The molecule has 37 heavy (non-hydrogen) atoms. The lowest BCUT2D eigenvalue weighted by Crippen LogP contribution is -2.45. The van der Waals surface area contributed by atoms with E-state index in [0.29, 0.717) is 13.2 Å². The quantitative estimate of drug-likeness (QED) is 0.439. The number of amides is 1. The maximum atomic E-state index is 12.8. The van der Waals surface area contributed by atoms with E-state index in [0.717, 1.165) is 16.7 Å². The molecule has 0 saturated carbocycles. The van der Waals surface area contributed by atoms with Crippen molar-refractivity contribution in [1.82, 2.24) is 5.32 Å². The molecule has 1 N–H and O–H groups in total. The molecule has 1 saturated heterocycles. The van der Waals surface area contributed by atoms with Gasteiger partial charge in [-0.15, -0.1) is 0 Å². The van der Waals surface area contributed by atoms with Gasteiger partial charge in [0, 0.05) is 0 Å². The van der Waals surface area contributed by atoms with Gasteiger partial charge in [-0.1, -0.05) is 91.0 Å². The molecular weight excluding hydrogens is 474 g/mol. The third kappa shape index (κ3) is 8.71. The molecule has 3 atom stereocenters. The van der Waals surface area contributed by atoms with Crippen molar-refractivity contribution in [2.24, 2.45) is 0 Å². The highest BCUT2D eigenvalue weighted by Crippen LogP contribution is 2.15. The van der Waals surface area contributed by atoms with Gasteiger partial charge >= 0.3 is 12.1 Å². The van der Waals surface area contributed by atoms with Crippen LogP contribution in [0.25, 0.3) is 0 Å². The van der Waals surface area contributed by atoms with E-state index in [9.17, 15) is 9.59 Å². The van der Waals surface area contributed by atoms with Crippen LogP contribution in [0.15, 0.2) is 91.0 Å². The second-order valence-electron chi connectivity index (χ2n) is 8.60. The molecule has 0 radical (unpaired) electrons. The molecular formula is C29H31NO7. The first-order valence-electron chi connectivity index (χ1n) is 12.2. The topological polar surface area (TPSA) is 92.3 Å². The molecule has 8 nitrogen and oxygen atoms in total. The zero-order chi connectivity index (χ0) is 25.7. The van der Waals surface area contributed by atoms with Crippen LogP contribution >= 0.6 is 0 Å². The smallest absolute Gasteiger partial charge is 0.408 e. The molecule has 0 bridgehead atoms. The van der Waals surface area contributed by atoms with Crippen LogP contribution in [-0.2, 0) is 48.3 Å². The molecule has 1 aliphatic heterocycles. The van der Waals surface area contributed by atoms with Crippen molar-refractivity contribution in [2.45, 2.75) is 38.1 Å². The Labute approximate surface area is 216 Å². The van der Waals surface area contributed by atoms with Crippen LogP contribution in [-0.4, -0.2) is 50.1 Å². The Morgan fingerprint density at radius 2 is 1.19 bits per heavy atom. The molecule has 3 aromatic rings. The minimum Gasteiger partial charge on any atom is -0.461 e. The lowest BCUT2D eigenvalue weighted by Gasteiger charge is -2.26. The normalized spacial score (nSPS) is 20.1. The number of esters is 1. The van der Waals surface area contributed by atoms with Crippen LogP contribution in [0.1, 0.15) is 16.7 Å². The summed E-state index contributed by atoms with van der Waals surface area (Å²) in [5, 5.41) is 2.54. The predicted molar refractivity (Wildman–Crippen MR) is 135 cm³/mol. The van der Waals surface area contributed by atoms with Crippen LogP contribution < -0.4 is 5.32 Å². The Morgan fingerprint density at radius 3 is 1.73 bits per heavy atom. The van der Waals surface area contributed by atoms with Crippen molar-refractivity contribution >= 4 is 12.1 Å². The summed E-state index contributed by atoms with van der Waals surface area (Å²) >= 11 is 0. The molecule has 0 unspecified atom stereocenters. The highest BCUT2D eigenvalue weighted by atomic mass is 16.6. The second kappa shape index (κ2) is 14.1. The summed E-state index contributed by atoms with van der Waals surface area (Å²) in [4.78, 5) is 25.1. The number of hydrogen-bond acceptors (Lipinski definition) is 7. The third-order valence-corrected chi connectivity index (χ3v) is 5.77. The number of carbonyl (C=O) groups excluding carboxylic acids is 2. The summed E-state index contributed by atoms with van der Waals surface area (Å²) in [5.41, 5.74) is 2.82. The molecule has 194 valence electrons. The van der Waals surface area contributed by atoms with Crippen molar-refractivity contribution in [3.05, 3.63) is 108 Å². The highest BCUT2D eigenvalue weighted by Gasteiger charge is 2.32. The van der Waals surface area contributed by atoms with E-state index in [4.69, 9.17) is 23.7 Å². The first-order valence-corrected chi connectivity index (χ1v) is 12.2. The Morgan fingerprint density at radius 1 is 0.703 bits per heavy atom. The van der Waals surface area contributed by atoms with E-state index in [1.165, 1.54) is 0 Å². The van der Waals surface area contributed by atoms with Crippen molar-refractivity contribution in [3.63, 3.8) is 0 Å². The van der Waals surface area contributed by atoms with Gasteiger partial charge in [0.25, 0.3) is 0 Å². The Hall–Kier alpha value is -3.72. The fourth-order valence-electron chi connectivity index (χ4n) is 3.72. The van der Waals surface area contributed by atoms with Gasteiger partial charge in [0.15, 0.2) is 6.04 Å². The van der Waals surface area contributed by atoms with E-state index in [-0.39, 0.29) is 26.4 Å². The van der Waals surface area contributed by atoms with Crippen molar-refractivity contribution in [3.8, 4) is 0 Å². The summed E-state index contributed by atoms with van der Waals surface area (Å²) in [6, 6.07) is 27.7. The number of rotatable bonds is 9. The third-order valence-electron chi connectivity index (χ3n) is 5.77. The first-order chi connectivity index (χ1) is 18.2. The molecule has 1 heterocycles. The SMILES string of the molecule is O=C(N[C@H]1COC[C@H](OCc2ccccc2)[C@@H](OCc2ccccc2)COC1=O)OCc1ccccc1. The van der Waals surface area contributed by atoms with E-state index >= 15 is 0 Å². The van der Waals surface area contributed by atoms with Gasteiger partial charge < -0.3 is 29.0 Å². The second-order valence-corrected chi connectivity index (χ2v) is 8.60. The first kappa shape index (κ1) is 26.3. The molecule has 3 aromatic carbocycles. The van der Waals surface area contributed by atoms with E-state index in [1.54, 1.807) is 0 Å². The van der Waals surface area contributed by atoms with Crippen molar-refractivity contribution < 1.29 is 33.3 Å². The molecule has 0 aliphatic carbocycles. The Balaban J connectivity index is 1.36. The standard InChI is InChI=1S/C29H31NO7/c31-28-25(30-29(32)37-18-24-14-8-3-9-15-24)19-33-20-26(34-16-22-10-4-1-5-11-22)27(21-36-28)35-17-23-12-6-2-7-13-23/h1-15,25-27H,16-21H2,(H,30,32)/t25-,26-,27-/m0/s1. The van der Waals surface area contributed by atoms with Crippen LogP contribution in [0.4, 0.5) is 4.79 Å². The van der Waals surface area contributed by atoms with Crippen molar-refractivity contribution in [1.29, 1.82) is 0 Å². The zero-order valence-electron chi connectivity index (χ0n) is 20.5. The minimum absolute atomic E-state index is 0.0499. The fraction of sp³-hybridized carbons (Fsp3) is 0.310. The average Bonchev–Trinajstić information content (AvgIpc) is 3.01. The Bertz CT molecular complexity index is 1100. The molecule has 0 spiro atoms. The van der Waals surface area contributed by atoms with E-state index < -0.39 is 30.3 Å². The van der Waals surface area contributed by atoms with Gasteiger partial charge in [0.1, 0.15) is 25.4 Å². The number of alkyl carbamates (subject to hydrolysis) is 1. The molecule has 0 aromatic heterocycles. The molecule has 1 aliphatic rings. The molecule has 1 fully saturated rings. The highest BCUT2D eigenvalue weighted by molar-refractivity contribution is 5.81. The van der Waals surface area contributed by atoms with Crippen LogP contribution in [0.5, 0.6) is 0 Å². The maximum absolute atomic E-state index is 12.8. The molecule has 1 amide bonds. The van der Waals surface area contributed by atoms with Crippen LogP contribution in [0.2, 0.25) is 0 Å². The number of nitrogens with one attached hydrogen (secondary N) is 1. The molecule has 4 rings (SSSR count). The molecule has 8 heteroatoms. The van der Waals surface area contributed by atoms with Gasteiger partial charge in [-0.3, -0.25) is 0 Å². The van der Waals surface area contributed by atoms with Crippen LogP contribution in [0, 0.1) is 0 Å². The largest absolute Gasteiger partial charge is 0.461 e. The maximum Gasteiger partial charge on any atom is 0.408 e. The monoisotopic (exact) mass is 505 g/mol. The Kier molecular flexibility index (Phi) is 10.1. The number of benzene rings is 3. The summed E-state index contributed by atoms with van der Waals surface area (Å²) in [6.45, 7) is 0.769. The van der Waals surface area contributed by atoms with Crippen molar-refractivity contribution in [2.75, 3.05) is 19.8 Å². The van der Waals surface area contributed by atoms with E-state index in [2.05, 4.69) is 5.32 Å². The lowest BCUT2D eigenvalue weighted by atomic mass is 10.2. The van der Waals surface area contributed by atoms with Gasteiger partial charge in [-0.2, -0.15) is 0 Å². The summed E-state index contributed by atoms with van der Waals surface area (Å²) in [5.74, 6) is -0.631. The zero-order valence-corrected chi connectivity index (χ0v) is 20.5. The number of carbonyl (C=O) groups is 2. The van der Waals surface area contributed by atoms with E-state index in [1.807, 2.05) is 91.0 Å². The van der Waals surface area contributed by atoms with Gasteiger partial charge in [0.2, 0.25) is 0 Å². The minimum atomic E-state index is -1.02.